The van der Waals surface area contributed by atoms with Crippen molar-refractivity contribution in [2.45, 2.75) is 40.5 Å². The van der Waals surface area contributed by atoms with Crippen molar-refractivity contribution >= 4 is 11.9 Å². The summed E-state index contributed by atoms with van der Waals surface area (Å²) in [5.74, 6) is -1.04. The Labute approximate surface area is 126 Å². The number of carbonyl (C=O) groups is 2. The van der Waals surface area contributed by atoms with Gasteiger partial charge in [0.15, 0.2) is 0 Å². The summed E-state index contributed by atoms with van der Waals surface area (Å²) in [5.41, 5.74) is 2.84. The number of hydrogen-bond donors (Lipinski definition) is 1. The van der Waals surface area contributed by atoms with Gasteiger partial charge >= 0.3 is 5.97 Å². The molecule has 1 fully saturated rings. The number of amides is 1. The van der Waals surface area contributed by atoms with Gasteiger partial charge in [-0.2, -0.15) is 0 Å². The number of carboxylic acids is 1. The normalized spacial score (nSPS) is 15.1. The molecule has 0 spiro atoms. The van der Waals surface area contributed by atoms with Gasteiger partial charge in [0.2, 0.25) is 0 Å². The van der Waals surface area contributed by atoms with Crippen molar-refractivity contribution in [3.63, 3.8) is 0 Å². The lowest BCUT2D eigenvalue weighted by molar-refractivity contribution is -0.143. The molecule has 2 rings (SSSR count). The first-order valence-electron chi connectivity index (χ1n) is 7.58. The van der Waals surface area contributed by atoms with E-state index in [1.54, 1.807) is 4.90 Å². The quantitative estimate of drug-likeness (QED) is 0.909. The first kappa shape index (κ1) is 17.2. The predicted octanol–water partition coefficient (Wildman–Crippen LogP) is 3.27. The maximum atomic E-state index is 12.4. The van der Waals surface area contributed by atoms with E-state index in [1.165, 1.54) is 0 Å². The number of rotatable bonds is 2. The maximum Gasteiger partial charge on any atom is 0.306 e. The van der Waals surface area contributed by atoms with E-state index >= 15 is 0 Å². The van der Waals surface area contributed by atoms with Gasteiger partial charge in [0, 0.05) is 18.7 Å². The molecule has 1 N–H and O–H groups in total. The van der Waals surface area contributed by atoms with E-state index < -0.39 is 5.97 Å². The molecule has 0 atom stereocenters. The molecule has 1 saturated heterocycles. The Balaban J connectivity index is 0.00000106. The molecule has 4 heteroatoms. The van der Waals surface area contributed by atoms with Crippen molar-refractivity contribution in [3.8, 4) is 0 Å². The van der Waals surface area contributed by atoms with Crippen LogP contribution in [0.5, 0.6) is 0 Å². The second-order valence-electron chi connectivity index (χ2n) is 5.22. The molecule has 1 amide bonds. The summed E-state index contributed by atoms with van der Waals surface area (Å²) in [7, 11) is 0. The molecule has 0 unspecified atom stereocenters. The monoisotopic (exact) mass is 291 g/mol. The Morgan fingerprint density at radius 1 is 1.14 bits per heavy atom. The third kappa shape index (κ3) is 4.31. The van der Waals surface area contributed by atoms with Crippen LogP contribution in [0, 0.1) is 19.8 Å². The zero-order valence-electron chi connectivity index (χ0n) is 13.3. The Kier molecular flexibility index (Phi) is 6.40. The minimum Gasteiger partial charge on any atom is -0.481 e. The van der Waals surface area contributed by atoms with Crippen molar-refractivity contribution < 1.29 is 14.7 Å². The molecule has 1 aromatic rings. The van der Waals surface area contributed by atoms with Crippen molar-refractivity contribution in [2.24, 2.45) is 5.92 Å². The Hall–Kier alpha value is -1.84. The number of nitrogens with zero attached hydrogens (tertiary/aromatic N) is 1. The van der Waals surface area contributed by atoms with Crippen LogP contribution in [0.15, 0.2) is 18.2 Å². The average molecular weight is 291 g/mol. The Morgan fingerprint density at radius 2 is 1.71 bits per heavy atom. The molecule has 116 valence electrons. The largest absolute Gasteiger partial charge is 0.481 e. The topological polar surface area (TPSA) is 57.6 Å². The predicted molar refractivity (Wildman–Crippen MR) is 83.5 cm³/mol. The van der Waals surface area contributed by atoms with Gasteiger partial charge in [-0.15, -0.1) is 0 Å². The molecule has 0 saturated carbocycles. The fourth-order valence-electron chi connectivity index (χ4n) is 2.55. The number of aryl methyl sites for hydroxylation is 2. The minimum atomic E-state index is -0.751. The van der Waals surface area contributed by atoms with Crippen LogP contribution in [0.2, 0.25) is 0 Å². The zero-order valence-corrected chi connectivity index (χ0v) is 13.3. The van der Waals surface area contributed by atoms with Gasteiger partial charge in [-0.25, -0.2) is 0 Å². The van der Waals surface area contributed by atoms with Gasteiger partial charge in [-0.3, -0.25) is 9.59 Å². The minimum absolute atomic E-state index is 0.0151. The van der Waals surface area contributed by atoms with Crippen LogP contribution in [-0.2, 0) is 4.79 Å². The highest BCUT2D eigenvalue weighted by Crippen LogP contribution is 2.20. The lowest BCUT2D eigenvalue weighted by Gasteiger charge is -2.30. The standard InChI is InChI=1S/C15H19NO3.C2H6/c1-10-3-4-13(11(2)9-10)14(17)16-7-5-12(6-8-16)15(18)19;1-2/h3-4,9,12H,5-8H2,1-2H3,(H,18,19);1-2H3. The molecule has 4 nitrogen and oxygen atoms in total. The van der Waals surface area contributed by atoms with Crippen molar-refractivity contribution in [3.05, 3.63) is 34.9 Å². The summed E-state index contributed by atoms with van der Waals surface area (Å²) >= 11 is 0. The fraction of sp³-hybridized carbons (Fsp3) is 0.529. The summed E-state index contributed by atoms with van der Waals surface area (Å²) in [4.78, 5) is 25.0. The van der Waals surface area contributed by atoms with Gasteiger partial charge in [0.05, 0.1) is 5.92 Å². The third-order valence-electron chi connectivity index (χ3n) is 3.74. The molecule has 1 heterocycles. The van der Waals surface area contributed by atoms with Gasteiger partial charge in [-0.05, 0) is 38.3 Å². The lowest BCUT2D eigenvalue weighted by atomic mass is 9.96. The van der Waals surface area contributed by atoms with E-state index in [-0.39, 0.29) is 11.8 Å². The first-order valence-corrected chi connectivity index (χ1v) is 7.58. The zero-order chi connectivity index (χ0) is 16.0. The van der Waals surface area contributed by atoms with E-state index in [4.69, 9.17) is 5.11 Å². The second kappa shape index (κ2) is 7.81. The lowest BCUT2D eigenvalue weighted by Crippen LogP contribution is -2.40. The van der Waals surface area contributed by atoms with Crippen molar-refractivity contribution in [2.75, 3.05) is 13.1 Å². The smallest absolute Gasteiger partial charge is 0.306 e. The number of hydrogen-bond acceptors (Lipinski definition) is 2. The molecular formula is C17H25NO3. The number of carboxylic acid groups (broad SMARTS) is 1. The van der Waals surface area contributed by atoms with Crippen molar-refractivity contribution in [1.82, 2.24) is 4.90 Å². The first-order chi connectivity index (χ1) is 9.99. The van der Waals surface area contributed by atoms with Crippen LogP contribution >= 0.6 is 0 Å². The molecule has 21 heavy (non-hydrogen) atoms. The molecule has 0 aliphatic carbocycles. The molecule has 0 bridgehead atoms. The maximum absolute atomic E-state index is 12.4. The summed E-state index contributed by atoms with van der Waals surface area (Å²) in [5, 5.41) is 8.95. The van der Waals surface area contributed by atoms with Gasteiger partial charge < -0.3 is 10.0 Å². The van der Waals surface area contributed by atoms with Crippen LogP contribution < -0.4 is 0 Å². The summed E-state index contributed by atoms with van der Waals surface area (Å²) in [6.45, 7) is 9.00. The van der Waals surface area contributed by atoms with Crippen LogP contribution in [0.4, 0.5) is 0 Å². The highest BCUT2D eigenvalue weighted by molar-refractivity contribution is 5.95. The molecular weight excluding hydrogens is 266 g/mol. The van der Waals surface area contributed by atoms with Gasteiger partial charge in [-0.1, -0.05) is 31.5 Å². The van der Waals surface area contributed by atoms with Crippen LogP contribution in [0.3, 0.4) is 0 Å². The Bertz CT molecular complexity index is 503. The summed E-state index contributed by atoms with van der Waals surface area (Å²) in [6, 6.07) is 5.79. The number of benzene rings is 1. The average Bonchev–Trinajstić information content (AvgIpc) is 2.49. The highest BCUT2D eigenvalue weighted by Gasteiger charge is 2.27. The third-order valence-corrected chi connectivity index (χ3v) is 3.74. The van der Waals surface area contributed by atoms with Crippen LogP contribution in [0.25, 0.3) is 0 Å². The van der Waals surface area contributed by atoms with E-state index in [2.05, 4.69) is 0 Å². The molecule has 1 aromatic carbocycles. The van der Waals surface area contributed by atoms with Gasteiger partial charge in [0.1, 0.15) is 0 Å². The van der Waals surface area contributed by atoms with Crippen LogP contribution in [0.1, 0.15) is 48.2 Å². The number of likely N-dealkylation sites (tertiary alicyclic amines) is 1. The molecule has 1 aliphatic heterocycles. The highest BCUT2D eigenvalue weighted by atomic mass is 16.4. The Morgan fingerprint density at radius 3 is 2.19 bits per heavy atom. The van der Waals surface area contributed by atoms with E-state index in [9.17, 15) is 9.59 Å². The molecule has 0 aromatic heterocycles. The fourth-order valence-corrected chi connectivity index (χ4v) is 2.55. The number of carbonyl (C=O) groups excluding carboxylic acids is 1. The van der Waals surface area contributed by atoms with E-state index in [0.717, 1.165) is 16.7 Å². The summed E-state index contributed by atoms with van der Waals surface area (Å²) in [6.07, 6.45) is 1.10. The summed E-state index contributed by atoms with van der Waals surface area (Å²) < 4.78 is 0. The van der Waals surface area contributed by atoms with E-state index in [1.807, 2.05) is 45.9 Å². The second-order valence-corrected chi connectivity index (χ2v) is 5.22. The SMILES string of the molecule is CC.Cc1ccc(C(=O)N2CCC(C(=O)O)CC2)c(C)c1. The van der Waals surface area contributed by atoms with Crippen molar-refractivity contribution in [1.29, 1.82) is 0 Å². The van der Waals surface area contributed by atoms with Gasteiger partial charge in [0.25, 0.3) is 5.91 Å². The van der Waals surface area contributed by atoms with E-state index in [0.29, 0.717) is 25.9 Å². The number of piperidine rings is 1. The molecule has 1 aliphatic rings. The van der Waals surface area contributed by atoms with Crippen LogP contribution in [-0.4, -0.2) is 35.0 Å². The number of aliphatic carboxylic acids is 1. The molecule has 0 radical (unpaired) electrons.